The molecule has 2 rings (SSSR count). The SMILES string of the molecule is CC1(C)CC(N)CN1Cc1ccc(F)cc1. The number of benzene rings is 1. The fraction of sp³-hybridized carbons (Fsp3) is 0.538. The van der Waals surface area contributed by atoms with Gasteiger partial charge in [0.25, 0.3) is 0 Å². The summed E-state index contributed by atoms with van der Waals surface area (Å²) < 4.78 is 12.8. The maximum atomic E-state index is 12.8. The number of hydrogen-bond donors (Lipinski definition) is 1. The largest absolute Gasteiger partial charge is 0.326 e. The minimum Gasteiger partial charge on any atom is -0.326 e. The van der Waals surface area contributed by atoms with Gasteiger partial charge < -0.3 is 5.73 Å². The molecule has 1 aliphatic rings. The van der Waals surface area contributed by atoms with Crippen molar-refractivity contribution in [1.29, 1.82) is 0 Å². The standard InChI is InChI=1S/C13H19FN2/c1-13(2)7-12(15)9-16(13)8-10-3-5-11(14)6-4-10/h3-6,12H,7-9,15H2,1-2H3. The Labute approximate surface area is 96.2 Å². The quantitative estimate of drug-likeness (QED) is 0.830. The van der Waals surface area contributed by atoms with Crippen molar-refractivity contribution in [2.75, 3.05) is 6.54 Å². The summed E-state index contributed by atoms with van der Waals surface area (Å²) in [5.74, 6) is -0.180. The molecule has 2 nitrogen and oxygen atoms in total. The zero-order valence-electron chi connectivity index (χ0n) is 9.91. The first kappa shape index (κ1) is 11.6. The van der Waals surface area contributed by atoms with E-state index >= 15 is 0 Å². The van der Waals surface area contributed by atoms with Crippen LogP contribution in [0.3, 0.4) is 0 Å². The zero-order valence-corrected chi connectivity index (χ0v) is 9.91. The van der Waals surface area contributed by atoms with Crippen LogP contribution in [0.1, 0.15) is 25.8 Å². The smallest absolute Gasteiger partial charge is 0.123 e. The fourth-order valence-corrected chi connectivity index (χ4v) is 2.45. The van der Waals surface area contributed by atoms with Gasteiger partial charge in [-0.15, -0.1) is 0 Å². The molecule has 0 radical (unpaired) electrons. The van der Waals surface area contributed by atoms with E-state index in [1.165, 1.54) is 12.1 Å². The van der Waals surface area contributed by atoms with Crippen LogP contribution in [0.2, 0.25) is 0 Å². The van der Waals surface area contributed by atoms with E-state index in [0.717, 1.165) is 25.1 Å². The van der Waals surface area contributed by atoms with Gasteiger partial charge in [-0.25, -0.2) is 4.39 Å². The Balaban J connectivity index is 2.07. The number of likely N-dealkylation sites (tertiary alicyclic amines) is 1. The Morgan fingerprint density at radius 3 is 2.50 bits per heavy atom. The topological polar surface area (TPSA) is 29.3 Å². The molecule has 1 fully saturated rings. The molecule has 0 bridgehead atoms. The average Bonchev–Trinajstić information content (AvgIpc) is 2.43. The first-order valence-electron chi connectivity index (χ1n) is 5.72. The number of nitrogens with two attached hydrogens (primary N) is 1. The van der Waals surface area contributed by atoms with Gasteiger partial charge >= 0.3 is 0 Å². The number of halogens is 1. The van der Waals surface area contributed by atoms with Crippen LogP contribution >= 0.6 is 0 Å². The van der Waals surface area contributed by atoms with Gasteiger partial charge in [0.05, 0.1) is 0 Å². The molecule has 88 valence electrons. The predicted molar refractivity (Wildman–Crippen MR) is 63.5 cm³/mol. The van der Waals surface area contributed by atoms with Crippen LogP contribution < -0.4 is 5.73 Å². The van der Waals surface area contributed by atoms with Crippen molar-refractivity contribution in [3.63, 3.8) is 0 Å². The molecule has 1 atom stereocenters. The van der Waals surface area contributed by atoms with Crippen molar-refractivity contribution in [3.8, 4) is 0 Å². The normalized spacial score (nSPS) is 24.9. The Bertz CT molecular complexity index is 359. The van der Waals surface area contributed by atoms with E-state index in [-0.39, 0.29) is 17.4 Å². The van der Waals surface area contributed by atoms with Crippen molar-refractivity contribution in [3.05, 3.63) is 35.6 Å². The van der Waals surface area contributed by atoms with Crippen molar-refractivity contribution in [2.45, 2.75) is 38.4 Å². The second-order valence-corrected chi connectivity index (χ2v) is 5.28. The summed E-state index contributed by atoms with van der Waals surface area (Å²) in [6.45, 7) is 6.19. The van der Waals surface area contributed by atoms with E-state index in [2.05, 4.69) is 18.7 Å². The number of hydrogen-bond acceptors (Lipinski definition) is 2. The predicted octanol–water partition coefficient (Wildman–Crippen LogP) is 2.14. The van der Waals surface area contributed by atoms with Crippen LogP contribution in [-0.4, -0.2) is 23.0 Å². The molecule has 1 saturated heterocycles. The molecule has 1 aromatic carbocycles. The second kappa shape index (κ2) is 4.15. The van der Waals surface area contributed by atoms with E-state index in [0.29, 0.717) is 0 Å². The first-order chi connectivity index (χ1) is 7.47. The van der Waals surface area contributed by atoms with Gasteiger partial charge in [-0.05, 0) is 38.0 Å². The summed E-state index contributed by atoms with van der Waals surface area (Å²) in [5, 5.41) is 0. The molecule has 3 heteroatoms. The molecule has 1 heterocycles. The molecule has 0 saturated carbocycles. The summed E-state index contributed by atoms with van der Waals surface area (Å²) in [5.41, 5.74) is 7.27. The van der Waals surface area contributed by atoms with Crippen LogP contribution in [-0.2, 0) is 6.54 Å². The minimum atomic E-state index is -0.180. The number of nitrogens with zero attached hydrogens (tertiary/aromatic N) is 1. The Kier molecular flexibility index (Phi) is 3.00. The lowest BCUT2D eigenvalue weighted by molar-refractivity contribution is 0.166. The third-order valence-electron chi connectivity index (χ3n) is 3.36. The highest BCUT2D eigenvalue weighted by Crippen LogP contribution is 2.29. The van der Waals surface area contributed by atoms with E-state index in [1.807, 2.05) is 12.1 Å². The number of rotatable bonds is 2. The van der Waals surface area contributed by atoms with Crippen LogP contribution in [0, 0.1) is 5.82 Å². The Morgan fingerprint density at radius 2 is 2.00 bits per heavy atom. The van der Waals surface area contributed by atoms with E-state index in [1.54, 1.807) is 0 Å². The summed E-state index contributed by atoms with van der Waals surface area (Å²) >= 11 is 0. The van der Waals surface area contributed by atoms with Crippen LogP contribution in [0.25, 0.3) is 0 Å². The second-order valence-electron chi connectivity index (χ2n) is 5.28. The molecule has 16 heavy (non-hydrogen) atoms. The lowest BCUT2D eigenvalue weighted by atomic mass is 10.00. The van der Waals surface area contributed by atoms with Gasteiger partial charge in [0.1, 0.15) is 5.82 Å². The molecule has 0 aliphatic carbocycles. The van der Waals surface area contributed by atoms with Gasteiger partial charge in [0, 0.05) is 24.7 Å². The van der Waals surface area contributed by atoms with E-state index < -0.39 is 0 Å². The van der Waals surface area contributed by atoms with Gasteiger partial charge in [-0.3, -0.25) is 4.90 Å². The molecule has 0 spiro atoms. The highest BCUT2D eigenvalue weighted by atomic mass is 19.1. The van der Waals surface area contributed by atoms with Crippen LogP contribution in [0.5, 0.6) is 0 Å². The molecule has 2 N–H and O–H groups in total. The van der Waals surface area contributed by atoms with Crippen LogP contribution in [0.15, 0.2) is 24.3 Å². The minimum absolute atomic E-state index is 0.147. The van der Waals surface area contributed by atoms with Gasteiger partial charge in [-0.1, -0.05) is 12.1 Å². The Morgan fingerprint density at radius 1 is 1.38 bits per heavy atom. The monoisotopic (exact) mass is 222 g/mol. The van der Waals surface area contributed by atoms with Crippen molar-refractivity contribution in [2.24, 2.45) is 5.73 Å². The van der Waals surface area contributed by atoms with Crippen molar-refractivity contribution >= 4 is 0 Å². The highest BCUT2D eigenvalue weighted by Gasteiger charge is 2.36. The van der Waals surface area contributed by atoms with Crippen LogP contribution in [0.4, 0.5) is 4.39 Å². The first-order valence-corrected chi connectivity index (χ1v) is 5.72. The summed E-state index contributed by atoms with van der Waals surface area (Å²) in [4.78, 5) is 2.37. The Hall–Kier alpha value is -0.930. The lowest BCUT2D eigenvalue weighted by Crippen LogP contribution is -2.37. The third-order valence-corrected chi connectivity index (χ3v) is 3.36. The molecular formula is C13H19FN2. The third kappa shape index (κ3) is 2.42. The molecule has 0 amide bonds. The van der Waals surface area contributed by atoms with Gasteiger partial charge in [0.15, 0.2) is 0 Å². The average molecular weight is 222 g/mol. The molecular weight excluding hydrogens is 203 g/mol. The summed E-state index contributed by atoms with van der Waals surface area (Å²) in [6.07, 6.45) is 1.02. The fourth-order valence-electron chi connectivity index (χ4n) is 2.45. The van der Waals surface area contributed by atoms with E-state index in [9.17, 15) is 4.39 Å². The molecule has 1 aliphatic heterocycles. The van der Waals surface area contributed by atoms with Crippen molar-refractivity contribution < 1.29 is 4.39 Å². The molecule has 1 aromatic rings. The van der Waals surface area contributed by atoms with Gasteiger partial charge in [-0.2, -0.15) is 0 Å². The lowest BCUT2D eigenvalue weighted by Gasteiger charge is -2.31. The molecule has 1 unspecified atom stereocenters. The van der Waals surface area contributed by atoms with Gasteiger partial charge in [0.2, 0.25) is 0 Å². The van der Waals surface area contributed by atoms with Crippen molar-refractivity contribution in [1.82, 2.24) is 4.90 Å². The summed E-state index contributed by atoms with van der Waals surface area (Å²) in [7, 11) is 0. The summed E-state index contributed by atoms with van der Waals surface area (Å²) in [6, 6.07) is 6.97. The molecule has 0 aromatic heterocycles. The maximum absolute atomic E-state index is 12.8. The zero-order chi connectivity index (χ0) is 11.8. The highest BCUT2D eigenvalue weighted by molar-refractivity contribution is 5.16. The maximum Gasteiger partial charge on any atom is 0.123 e. The van der Waals surface area contributed by atoms with E-state index in [4.69, 9.17) is 5.73 Å².